The van der Waals surface area contributed by atoms with Crippen molar-refractivity contribution >= 4 is 11.6 Å². The van der Waals surface area contributed by atoms with E-state index in [0.29, 0.717) is 6.04 Å². The molecule has 6 heteroatoms. The van der Waals surface area contributed by atoms with Gasteiger partial charge in [-0.25, -0.2) is 0 Å². The van der Waals surface area contributed by atoms with E-state index in [0.717, 1.165) is 43.8 Å². The molecule has 2 aromatic heterocycles. The Labute approximate surface area is 140 Å². The van der Waals surface area contributed by atoms with Crippen LogP contribution in [0.1, 0.15) is 18.4 Å². The Morgan fingerprint density at radius 3 is 3.17 bits per heavy atom. The highest BCUT2D eigenvalue weighted by Crippen LogP contribution is 2.33. The van der Waals surface area contributed by atoms with Crippen LogP contribution in [0, 0.1) is 5.92 Å². The molecule has 6 nitrogen and oxygen atoms in total. The van der Waals surface area contributed by atoms with Gasteiger partial charge in [-0.1, -0.05) is 0 Å². The topological polar surface area (TPSA) is 67.6 Å². The maximum Gasteiger partial charge on any atom is 0.228 e. The number of fused-ring (bicyclic) bond motifs is 1. The van der Waals surface area contributed by atoms with Crippen molar-refractivity contribution in [3.05, 3.63) is 48.7 Å². The van der Waals surface area contributed by atoms with Gasteiger partial charge in [0.25, 0.3) is 0 Å². The van der Waals surface area contributed by atoms with E-state index in [2.05, 4.69) is 15.2 Å². The fourth-order valence-electron chi connectivity index (χ4n) is 3.72. The molecule has 0 aromatic carbocycles. The first-order valence-corrected chi connectivity index (χ1v) is 8.37. The molecule has 2 fully saturated rings. The van der Waals surface area contributed by atoms with Crippen LogP contribution in [-0.4, -0.2) is 41.1 Å². The van der Waals surface area contributed by atoms with E-state index in [1.54, 1.807) is 24.9 Å². The van der Waals surface area contributed by atoms with E-state index in [-0.39, 0.29) is 17.9 Å². The van der Waals surface area contributed by atoms with Crippen LogP contribution in [0.5, 0.6) is 0 Å². The molecule has 126 valence electrons. The lowest BCUT2D eigenvalue weighted by atomic mass is 9.89. The van der Waals surface area contributed by atoms with Crippen LogP contribution in [0.3, 0.4) is 0 Å². The maximum atomic E-state index is 12.7. The monoisotopic (exact) mass is 327 g/mol. The molecule has 1 amide bonds. The molecular weight excluding hydrogens is 306 g/mol. The number of nitrogens with zero attached hydrogens (tertiary/aromatic N) is 2. The number of piperidine rings is 1. The molecule has 0 aliphatic carbocycles. The van der Waals surface area contributed by atoms with Crippen LogP contribution in [0.2, 0.25) is 0 Å². The number of amides is 1. The van der Waals surface area contributed by atoms with Gasteiger partial charge in [-0.15, -0.1) is 0 Å². The smallest absolute Gasteiger partial charge is 0.228 e. The average molecular weight is 327 g/mol. The Morgan fingerprint density at radius 1 is 1.42 bits per heavy atom. The van der Waals surface area contributed by atoms with Crippen molar-refractivity contribution in [2.45, 2.75) is 31.5 Å². The second-order valence-corrected chi connectivity index (χ2v) is 6.49. The molecule has 4 rings (SSSR count). The zero-order valence-electron chi connectivity index (χ0n) is 13.4. The predicted octanol–water partition coefficient (Wildman–Crippen LogP) is 2.29. The highest BCUT2D eigenvalue weighted by atomic mass is 16.5. The summed E-state index contributed by atoms with van der Waals surface area (Å²) in [6.07, 6.45) is 8.76. The molecule has 2 aliphatic heterocycles. The standard InChI is InChI=1S/C18H21N3O3/c22-18(20-15-2-1-5-19-9-15)14-8-17-16(4-7-24-17)21(11-14)10-13-3-6-23-12-13/h1-3,5-6,9,12,14,16-17H,4,7-8,10-11H2,(H,20,22)/t14-,16-,17-/m1/s1. The molecule has 1 N–H and O–H groups in total. The first-order valence-electron chi connectivity index (χ1n) is 8.37. The zero-order chi connectivity index (χ0) is 16.4. The predicted molar refractivity (Wildman–Crippen MR) is 88.2 cm³/mol. The number of furan rings is 1. The molecule has 2 saturated heterocycles. The van der Waals surface area contributed by atoms with Gasteiger partial charge in [-0.05, 0) is 31.0 Å². The number of carbonyl (C=O) groups is 1. The molecular formula is C18H21N3O3. The summed E-state index contributed by atoms with van der Waals surface area (Å²) >= 11 is 0. The Kier molecular flexibility index (Phi) is 4.32. The number of aromatic nitrogens is 1. The average Bonchev–Trinajstić information content (AvgIpc) is 3.27. The molecule has 0 bridgehead atoms. The number of hydrogen-bond acceptors (Lipinski definition) is 5. The minimum Gasteiger partial charge on any atom is -0.472 e. The maximum absolute atomic E-state index is 12.7. The van der Waals surface area contributed by atoms with Crippen LogP contribution in [-0.2, 0) is 16.1 Å². The van der Waals surface area contributed by atoms with Gasteiger partial charge in [0.15, 0.2) is 0 Å². The molecule has 2 aliphatic rings. The molecule has 3 atom stereocenters. The van der Waals surface area contributed by atoms with Crippen molar-refractivity contribution in [1.29, 1.82) is 0 Å². The second-order valence-electron chi connectivity index (χ2n) is 6.49. The van der Waals surface area contributed by atoms with E-state index in [1.165, 1.54) is 0 Å². The van der Waals surface area contributed by atoms with Gasteiger partial charge < -0.3 is 14.5 Å². The van der Waals surface area contributed by atoms with E-state index in [4.69, 9.17) is 9.15 Å². The van der Waals surface area contributed by atoms with Gasteiger partial charge in [0.2, 0.25) is 5.91 Å². The highest BCUT2D eigenvalue weighted by molar-refractivity contribution is 5.92. The van der Waals surface area contributed by atoms with Crippen molar-refractivity contribution in [2.75, 3.05) is 18.5 Å². The summed E-state index contributed by atoms with van der Waals surface area (Å²) in [6, 6.07) is 6.04. The summed E-state index contributed by atoms with van der Waals surface area (Å²) in [7, 11) is 0. The van der Waals surface area contributed by atoms with Crippen LogP contribution >= 0.6 is 0 Å². The molecule has 0 saturated carbocycles. The number of anilines is 1. The van der Waals surface area contributed by atoms with E-state index >= 15 is 0 Å². The summed E-state index contributed by atoms with van der Waals surface area (Å²) in [5.41, 5.74) is 1.87. The highest BCUT2D eigenvalue weighted by Gasteiger charge is 2.42. The first kappa shape index (κ1) is 15.4. The minimum atomic E-state index is -0.0866. The number of carbonyl (C=O) groups excluding carboxylic acids is 1. The first-order chi connectivity index (χ1) is 11.8. The van der Waals surface area contributed by atoms with Gasteiger partial charge in [0.1, 0.15) is 0 Å². The number of rotatable bonds is 4. The lowest BCUT2D eigenvalue weighted by molar-refractivity contribution is -0.124. The fraction of sp³-hybridized carbons (Fsp3) is 0.444. The van der Waals surface area contributed by atoms with Crippen molar-refractivity contribution in [3.63, 3.8) is 0 Å². The lowest BCUT2D eigenvalue weighted by Gasteiger charge is -2.40. The van der Waals surface area contributed by atoms with Gasteiger partial charge in [-0.3, -0.25) is 14.7 Å². The number of pyridine rings is 1. The minimum absolute atomic E-state index is 0.0362. The van der Waals surface area contributed by atoms with E-state index in [1.807, 2.05) is 18.2 Å². The Morgan fingerprint density at radius 2 is 2.38 bits per heavy atom. The molecule has 0 radical (unpaired) electrons. The van der Waals surface area contributed by atoms with Crippen molar-refractivity contribution < 1.29 is 13.9 Å². The number of hydrogen-bond donors (Lipinski definition) is 1. The Bertz CT molecular complexity index is 674. The van der Waals surface area contributed by atoms with Gasteiger partial charge in [0.05, 0.1) is 36.4 Å². The van der Waals surface area contributed by atoms with Crippen molar-refractivity contribution in [2.24, 2.45) is 5.92 Å². The van der Waals surface area contributed by atoms with Crippen molar-refractivity contribution in [1.82, 2.24) is 9.88 Å². The molecule has 2 aromatic rings. The SMILES string of the molecule is O=C(Nc1cccnc1)[C@@H]1C[C@H]2OCC[C@H]2N(Cc2ccoc2)C1. The number of nitrogens with one attached hydrogen (secondary N) is 1. The normalized spacial score (nSPS) is 26.9. The summed E-state index contributed by atoms with van der Waals surface area (Å²) in [6.45, 7) is 2.30. The summed E-state index contributed by atoms with van der Waals surface area (Å²) in [5.74, 6) is -0.0504. The summed E-state index contributed by atoms with van der Waals surface area (Å²) < 4.78 is 11.1. The van der Waals surface area contributed by atoms with E-state index in [9.17, 15) is 4.79 Å². The van der Waals surface area contributed by atoms with E-state index < -0.39 is 0 Å². The number of ether oxygens (including phenoxy) is 1. The van der Waals surface area contributed by atoms with Crippen LogP contribution in [0.25, 0.3) is 0 Å². The number of likely N-dealkylation sites (tertiary alicyclic amines) is 1. The fourth-order valence-corrected chi connectivity index (χ4v) is 3.72. The van der Waals surface area contributed by atoms with Crippen LogP contribution < -0.4 is 5.32 Å². The molecule has 4 heterocycles. The Hall–Kier alpha value is -2.18. The lowest BCUT2D eigenvalue weighted by Crippen LogP contribution is -2.51. The van der Waals surface area contributed by atoms with Crippen LogP contribution in [0.4, 0.5) is 5.69 Å². The third-order valence-corrected chi connectivity index (χ3v) is 4.88. The largest absolute Gasteiger partial charge is 0.472 e. The quantitative estimate of drug-likeness (QED) is 0.933. The van der Waals surface area contributed by atoms with Crippen LogP contribution in [0.15, 0.2) is 47.5 Å². The molecule has 0 unspecified atom stereocenters. The second kappa shape index (κ2) is 6.75. The van der Waals surface area contributed by atoms with Gasteiger partial charge in [0, 0.05) is 37.5 Å². The van der Waals surface area contributed by atoms with Gasteiger partial charge in [-0.2, -0.15) is 0 Å². The van der Waals surface area contributed by atoms with Crippen molar-refractivity contribution in [3.8, 4) is 0 Å². The van der Waals surface area contributed by atoms with Gasteiger partial charge >= 0.3 is 0 Å². The molecule has 0 spiro atoms. The zero-order valence-corrected chi connectivity index (χ0v) is 13.4. The third kappa shape index (κ3) is 3.20. The third-order valence-electron chi connectivity index (χ3n) is 4.88. The Balaban J connectivity index is 1.46. The summed E-state index contributed by atoms with van der Waals surface area (Å²) in [4.78, 5) is 19.1. The molecule has 24 heavy (non-hydrogen) atoms. The summed E-state index contributed by atoms with van der Waals surface area (Å²) in [5, 5.41) is 2.97.